The van der Waals surface area contributed by atoms with Crippen LogP contribution in [0.1, 0.15) is 12.8 Å². The van der Waals surface area contributed by atoms with Gasteiger partial charge in [0.25, 0.3) is 0 Å². The van der Waals surface area contributed by atoms with Crippen LogP contribution in [-0.2, 0) is 16.6 Å². The van der Waals surface area contributed by atoms with Gasteiger partial charge < -0.3 is 20.4 Å². The third-order valence-electron chi connectivity index (χ3n) is 4.18. The van der Waals surface area contributed by atoms with Gasteiger partial charge in [-0.3, -0.25) is 4.79 Å². The first kappa shape index (κ1) is 17.0. The summed E-state index contributed by atoms with van der Waals surface area (Å²) in [6.07, 6.45) is 5.37. The van der Waals surface area contributed by atoms with E-state index >= 15 is 0 Å². The average Bonchev–Trinajstić information content (AvgIpc) is 3.01. The average molecular weight is 346 g/mol. The van der Waals surface area contributed by atoms with Gasteiger partial charge in [0.05, 0.1) is 6.04 Å². The molecule has 7 heteroatoms. The number of carbonyl (C=O) groups excluding carboxylic acids is 1. The van der Waals surface area contributed by atoms with E-state index in [0.717, 1.165) is 28.6 Å². The Morgan fingerprint density at radius 3 is 2.71 bits per heavy atom. The predicted molar refractivity (Wildman–Crippen MR) is 93.9 cm³/mol. The number of nitrogens with two attached hydrogens (primary N) is 1. The highest BCUT2D eigenvalue weighted by molar-refractivity contribution is 7.99. The Morgan fingerprint density at radius 2 is 2.08 bits per heavy atom. The highest BCUT2D eigenvalue weighted by Gasteiger charge is 2.26. The van der Waals surface area contributed by atoms with E-state index in [1.807, 2.05) is 42.1 Å². The van der Waals surface area contributed by atoms with Crippen LogP contribution < -0.4 is 11.1 Å². The van der Waals surface area contributed by atoms with Gasteiger partial charge in [-0.2, -0.15) is 0 Å². The summed E-state index contributed by atoms with van der Waals surface area (Å²) < 4.78 is 7.28. The molecule has 0 bridgehead atoms. The number of aryl methyl sites for hydroxylation is 1. The normalized spacial score (nSPS) is 16.8. The number of ether oxygens (including phenoxy) is 1. The van der Waals surface area contributed by atoms with Gasteiger partial charge in [-0.1, -0.05) is 11.8 Å². The molecule has 1 aromatic heterocycles. The first-order valence-corrected chi connectivity index (χ1v) is 8.84. The molecule has 0 spiro atoms. The van der Waals surface area contributed by atoms with Gasteiger partial charge in [0.15, 0.2) is 5.16 Å². The van der Waals surface area contributed by atoms with Crippen molar-refractivity contribution in [3.63, 3.8) is 0 Å². The molecule has 1 fully saturated rings. The van der Waals surface area contributed by atoms with E-state index < -0.39 is 6.04 Å². The first-order valence-electron chi connectivity index (χ1n) is 8.03. The summed E-state index contributed by atoms with van der Waals surface area (Å²) >= 11 is 1.58. The third kappa shape index (κ3) is 4.17. The van der Waals surface area contributed by atoms with Gasteiger partial charge >= 0.3 is 0 Å². The number of hydrogen-bond donors (Lipinski definition) is 2. The fourth-order valence-electron chi connectivity index (χ4n) is 2.68. The molecule has 3 N–H and O–H groups in total. The maximum absolute atomic E-state index is 12.3. The van der Waals surface area contributed by atoms with Gasteiger partial charge in [0, 0.05) is 43.2 Å². The Balaban J connectivity index is 1.57. The Hall–Kier alpha value is -1.83. The van der Waals surface area contributed by atoms with Crippen LogP contribution in [0.15, 0.2) is 46.7 Å². The van der Waals surface area contributed by atoms with Crippen molar-refractivity contribution in [1.29, 1.82) is 0 Å². The van der Waals surface area contributed by atoms with Crippen LogP contribution in [0.2, 0.25) is 0 Å². The summed E-state index contributed by atoms with van der Waals surface area (Å²) in [7, 11) is 1.96. The highest BCUT2D eigenvalue weighted by Crippen LogP contribution is 2.27. The second kappa shape index (κ2) is 7.83. The molecule has 1 amide bonds. The zero-order valence-corrected chi connectivity index (χ0v) is 14.5. The van der Waals surface area contributed by atoms with Crippen LogP contribution in [0.5, 0.6) is 0 Å². The number of nitrogens with one attached hydrogen (secondary N) is 1. The van der Waals surface area contributed by atoms with Crippen LogP contribution in [0, 0.1) is 5.92 Å². The number of aromatic nitrogens is 2. The maximum atomic E-state index is 12.3. The molecule has 2 aromatic rings. The van der Waals surface area contributed by atoms with Crippen LogP contribution in [-0.4, -0.2) is 34.7 Å². The molecule has 3 rings (SSSR count). The fraction of sp³-hybridized carbons (Fsp3) is 0.412. The summed E-state index contributed by atoms with van der Waals surface area (Å²) in [5, 5.41) is 3.83. The Kier molecular flexibility index (Phi) is 5.55. The summed E-state index contributed by atoms with van der Waals surface area (Å²) in [4.78, 5) is 17.7. The lowest BCUT2D eigenvalue weighted by atomic mass is 9.92. The van der Waals surface area contributed by atoms with E-state index in [4.69, 9.17) is 10.5 Å². The number of hydrogen-bond acceptors (Lipinski definition) is 5. The summed E-state index contributed by atoms with van der Waals surface area (Å²) in [5.74, 6) is 0.0587. The quantitative estimate of drug-likeness (QED) is 0.868. The summed E-state index contributed by atoms with van der Waals surface area (Å²) in [5.41, 5.74) is 6.85. The number of nitrogens with zero attached hydrogens (tertiary/aromatic N) is 2. The standard InChI is InChI=1S/C17H22N4O2S/c1-21-9-8-19-17(21)24-14-4-2-13(3-5-14)20-16(22)15(18)12-6-10-23-11-7-12/h2-5,8-9,12,15H,6-7,10-11,18H2,1H3,(H,20,22). The van der Waals surface area contributed by atoms with Crippen molar-refractivity contribution < 1.29 is 9.53 Å². The second-order valence-corrected chi connectivity index (χ2v) is 6.95. The van der Waals surface area contributed by atoms with Gasteiger partial charge in [-0.05, 0) is 43.0 Å². The van der Waals surface area contributed by atoms with Gasteiger partial charge in [-0.15, -0.1) is 0 Å². The lowest BCUT2D eigenvalue weighted by molar-refractivity contribution is -0.119. The molecular formula is C17H22N4O2S. The van der Waals surface area contributed by atoms with Crippen molar-refractivity contribution in [2.75, 3.05) is 18.5 Å². The molecule has 1 aliphatic rings. The molecule has 6 nitrogen and oxygen atoms in total. The number of carbonyl (C=O) groups is 1. The molecule has 2 heterocycles. The van der Waals surface area contributed by atoms with Gasteiger partial charge in [-0.25, -0.2) is 4.98 Å². The topological polar surface area (TPSA) is 82.2 Å². The number of imidazole rings is 1. The van der Waals surface area contributed by atoms with Crippen molar-refractivity contribution in [3.05, 3.63) is 36.7 Å². The lowest BCUT2D eigenvalue weighted by Gasteiger charge is -2.26. The Morgan fingerprint density at radius 1 is 1.38 bits per heavy atom. The Bertz CT molecular complexity index is 680. The smallest absolute Gasteiger partial charge is 0.241 e. The highest BCUT2D eigenvalue weighted by atomic mass is 32.2. The van der Waals surface area contributed by atoms with Crippen LogP contribution in [0.3, 0.4) is 0 Å². The fourth-order valence-corrected chi connectivity index (χ4v) is 3.48. The van der Waals surface area contributed by atoms with E-state index in [9.17, 15) is 4.79 Å². The Labute approximate surface area is 145 Å². The van der Waals surface area contributed by atoms with E-state index in [1.165, 1.54) is 0 Å². The largest absolute Gasteiger partial charge is 0.381 e. The predicted octanol–water partition coefficient (Wildman–Crippen LogP) is 2.26. The van der Waals surface area contributed by atoms with Crippen molar-refractivity contribution in [2.24, 2.45) is 18.7 Å². The maximum Gasteiger partial charge on any atom is 0.241 e. The van der Waals surface area contributed by atoms with E-state index in [2.05, 4.69) is 10.3 Å². The molecule has 1 atom stereocenters. The zero-order chi connectivity index (χ0) is 16.9. The monoisotopic (exact) mass is 346 g/mol. The van der Waals surface area contributed by atoms with E-state index in [-0.39, 0.29) is 11.8 Å². The van der Waals surface area contributed by atoms with Crippen molar-refractivity contribution in [1.82, 2.24) is 9.55 Å². The molecule has 1 aromatic carbocycles. The molecule has 1 unspecified atom stereocenters. The number of rotatable bonds is 5. The molecule has 0 radical (unpaired) electrons. The minimum Gasteiger partial charge on any atom is -0.381 e. The molecule has 1 aliphatic heterocycles. The summed E-state index contributed by atoms with van der Waals surface area (Å²) in [6, 6.07) is 7.22. The minimum atomic E-state index is -0.490. The third-order valence-corrected chi connectivity index (χ3v) is 5.27. The van der Waals surface area contributed by atoms with Gasteiger partial charge in [0.2, 0.25) is 5.91 Å². The SMILES string of the molecule is Cn1ccnc1Sc1ccc(NC(=O)C(N)C2CCOCC2)cc1. The van der Waals surface area contributed by atoms with E-state index in [0.29, 0.717) is 13.2 Å². The first-order chi connectivity index (χ1) is 11.6. The van der Waals surface area contributed by atoms with Crippen molar-refractivity contribution in [3.8, 4) is 0 Å². The number of anilines is 1. The number of amides is 1. The van der Waals surface area contributed by atoms with Crippen LogP contribution in [0.25, 0.3) is 0 Å². The molecule has 24 heavy (non-hydrogen) atoms. The van der Waals surface area contributed by atoms with Crippen LogP contribution >= 0.6 is 11.8 Å². The van der Waals surface area contributed by atoms with Gasteiger partial charge in [0.1, 0.15) is 0 Å². The van der Waals surface area contributed by atoms with Crippen LogP contribution in [0.4, 0.5) is 5.69 Å². The summed E-state index contributed by atoms with van der Waals surface area (Å²) in [6.45, 7) is 1.37. The minimum absolute atomic E-state index is 0.133. The van der Waals surface area contributed by atoms with Crippen molar-refractivity contribution in [2.45, 2.75) is 28.9 Å². The lowest BCUT2D eigenvalue weighted by Crippen LogP contribution is -2.43. The molecule has 0 saturated carbocycles. The molecule has 128 valence electrons. The molecular weight excluding hydrogens is 324 g/mol. The zero-order valence-electron chi connectivity index (χ0n) is 13.6. The molecule has 1 saturated heterocycles. The molecule has 0 aliphatic carbocycles. The number of benzene rings is 1. The van der Waals surface area contributed by atoms with Crippen molar-refractivity contribution >= 4 is 23.4 Å². The van der Waals surface area contributed by atoms with E-state index in [1.54, 1.807) is 18.0 Å². The second-order valence-electron chi connectivity index (χ2n) is 5.91.